The average molecular weight is 495 g/mol. The van der Waals surface area contributed by atoms with Crippen molar-refractivity contribution in [3.05, 3.63) is 70.9 Å². The summed E-state index contributed by atoms with van der Waals surface area (Å²) in [5.41, 5.74) is 2.51. The van der Waals surface area contributed by atoms with Crippen LogP contribution in [0.5, 0.6) is 11.5 Å². The fraction of sp³-hybridized carbons (Fsp3) is 0.370. The third-order valence-electron chi connectivity index (χ3n) is 5.90. The van der Waals surface area contributed by atoms with Gasteiger partial charge in [-0.1, -0.05) is 61.5 Å². The Balaban J connectivity index is 1.70. The van der Waals surface area contributed by atoms with Gasteiger partial charge < -0.3 is 14.2 Å². The van der Waals surface area contributed by atoms with Crippen LogP contribution in [0.25, 0.3) is 0 Å². The normalized spacial score (nSPS) is 17.6. The number of esters is 1. The van der Waals surface area contributed by atoms with Crippen molar-refractivity contribution in [1.29, 1.82) is 0 Å². The van der Waals surface area contributed by atoms with Crippen LogP contribution in [-0.4, -0.2) is 41.4 Å². The maximum absolute atomic E-state index is 13.4. The number of benzene rings is 2. The number of aliphatic imine (C=N–C) groups is 1. The summed E-state index contributed by atoms with van der Waals surface area (Å²) < 4.78 is 17.2. The van der Waals surface area contributed by atoms with Gasteiger partial charge in [-0.15, -0.1) is 0 Å². The Bertz CT molecular complexity index is 1150. The van der Waals surface area contributed by atoms with E-state index >= 15 is 0 Å². The van der Waals surface area contributed by atoms with Crippen LogP contribution in [0.4, 0.5) is 0 Å². The molecule has 8 heteroatoms. The van der Waals surface area contributed by atoms with Crippen molar-refractivity contribution in [1.82, 2.24) is 4.90 Å². The molecule has 1 amide bonds. The van der Waals surface area contributed by atoms with E-state index in [1.54, 1.807) is 18.9 Å². The number of carbonyl (C=O) groups is 2. The molecule has 35 heavy (non-hydrogen) atoms. The molecule has 2 aliphatic rings. The van der Waals surface area contributed by atoms with Gasteiger partial charge in [-0.05, 0) is 36.6 Å². The molecule has 2 aromatic rings. The number of methoxy groups -OCH3 is 1. The zero-order valence-electron chi connectivity index (χ0n) is 20.3. The SMILES string of the molecule is CCCCOc1ccc([C@H]2C(C(=O)OCc3ccccc3)=C(C)N=C3SCCC(=O)N32)cc1OC. The van der Waals surface area contributed by atoms with Gasteiger partial charge in [0.15, 0.2) is 16.7 Å². The maximum atomic E-state index is 13.4. The molecule has 0 bridgehead atoms. The molecule has 1 atom stereocenters. The van der Waals surface area contributed by atoms with Gasteiger partial charge in [0.2, 0.25) is 5.91 Å². The summed E-state index contributed by atoms with van der Waals surface area (Å²) in [5.74, 6) is 1.27. The summed E-state index contributed by atoms with van der Waals surface area (Å²) in [7, 11) is 1.58. The van der Waals surface area contributed by atoms with Gasteiger partial charge in [-0.25, -0.2) is 9.79 Å². The predicted octanol–water partition coefficient (Wildman–Crippen LogP) is 5.27. The lowest BCUT2D eigenvalue weighted by Gasteiger charge is -2.39. The van der Waals surface area contributed by atoms with Crippen LogP contribution in [0.3, 0.4) is 0 Å². The van der Waals surface area contributed by atoms with Gasteiger partial charge in [0, 0.05) is 12.2 Å². The maximum Gasteiger partial charge on any atom is 0.338 e. The second kappa shape index (κ2) is 11.4. The summed E-state index contributed by atoms with van der Waals surface area (Å²) in [6.45, 7) is 4.61. The monoisotopic (exact) mass is 494 g/mol. The Morgan fingerprint density at radius 2 is 1.97 bits per heavy atom. The third kappa shape index (κ3) is 5.53. The summed E-state index contributed by atoms with van der Waals surface area (Å²) in [4.78, 5) is 32.7. The topological polar surface area (TPSA) is 77.4 Å². The first-order valence-corrected chi connectivity index (χ1v) is 12.8. The number of fused-ring (bicyclic) bond motifs is 1. The van der Waals surface area contributed by atoms with E-state index in [1.165, 1.54) is 11.8 Å². The Labute approximate surface area is 210 Å². The van der Waals surface area contributed by atoms with E-state index in [4.69, 9.17) is 14.2 Å². The summed E-state index contributed by atoms with van der Waals surface area (Å²) in [6.07, 6.45) is 2.34. The van der Waals surface area contributed by atoms with Crippen molar-refractivity contribution >= 4 is 28.8 Å². The molecule has 0 unspecified atom stereocenters. The molecule has 0 aromatic heterocycles. The molecule has 2 aliphatic heterocycles. The fourth-order valence-electron chi connectivity index (χ4n) is 4.07. The van der Waals surface area contributed by atoms with Crippen molar-refractivity contribution in [3.8, 4) is 11.5 Å². The minimum Gasteiger partial charge on any atom is -0.493 e. The van der Waals surface area contributed by atoms with Crippen LogP contribution >= 0.6 is 11.8 Å². The van der Waals surface area contributed by atoms with Crippen molar-refractivity contribution in [2.45, 2.75) is 45.8 Å². The minimum absolute atomic E-state index is 0.0735. The van der Waals surface area contributed by atoms with Gasteiger partial charge in [0.1, 0.15) is 6.61 Å². The van der Waals surface area contributed by atoms with Crippen molar-refractivity contribution in [2.24, 2.45) is 4.99 Å². The Hall–Kier alpha value is -3.26. The molecule has 0 spiro atoms. The number of unbranched alkanes of at least 4 members (excludes halogenated alkanes) is 1. The smallest absolute Gasteiger partial charge is 0.338 e. The molecule has 4 rings (SSSR count). The predicted molar refractivity (Wildman–Crippen MR) is 136 cm³/mol. The van der Waals surface area contributed by atoms with E-state index in [2.05, 4.69) is 11.9 Å². The number of amidine groups is 1. The first-order valence-electron chi connectivity index (χ1n) is 11.8. The minimum atomic E-state index is -0.662. The van der Waals surface area contributed by atoms with E-state index in [-0.39, 0.29) is 12.5 Å². The second-order valence-electron chi connectivity index (χ2n) is 8.33. The van der Waals surface area contributed by atoms with Gasteiger partial charge in [-0.3, -0.25) is 9.69 Å². The number of carbonyl (C=O) groups excluding carboxylic acids is 2. The number of nitrogens with zero attached hydrogens (tertiary/aromatic N) is 2. The van der Waals surface area contributed by atoms with E-state index in [9.17, 15) is 9.59 Å². The Kier molecular flexibility index (Phi) is 8.13. The van der Waals surface area contributed by atoms with Gasteiger partial charge in [0.25, 0.3) is 0 Å². The van der Waals surface area contributed by atoms with Crippen molar-refractivity contribution in [3.63, 3.8) is 0 Å². The number of allylic oxidation sites excluding steroid dienone is 1. The summed E-state index contributed by atoms with van der Waals surface area (Å²) >= 11 is 1.52. The van der Waals surface area contributed by atoms with Crippen LogP contribution in [0.2, 0.25) is 0 Å². The highest BCUT2D eigenvalue weighted by atomic mass is 32.2. The van der Waals surface area contributed by atoms with Crippen molar-refractivity contribution in [2.75, 3.05) is 19.5 Å². The zero-order valence-corrected chi connectivity index (χ0v) is 21.1. The number of amides is 1. The van der Waals surface area contributed by atoms with Gasteiger partial charge in [-0.2, -0.15) is 0 Å². The molecule has 7 nitrogen and oxygen atoms in total. The lowest BCUT2D eigenvalue weighted by Crippen LogP contribution is -2.45. The van der Waals surface area contributed by atoms with Crippen LogP contribution in [0.15, 0.2) is 64.8 Å². The number of hydrogen-bond donors (Lipinski definition) is 0. The molecule has 0 N–H and O–H groups in total. The number of thioether (sulfide) groups is 1. The molecule has 2 aromatic carbocycles. The molecule has 0 radical (unpaired) electrons. The highest BCUT2D eigenvalue weighted by Crippen LogP contribution is 2.42. The fourth-order valence-corrected chi connectivity index (χ4v) is 5.08. The Morgan fingerprint density at radius 1 is 1.17 bits per heavy atom. The standard InChI is InChI=1S/C27H30N2O5S/c1-4-5-14-33-21-12-11-20(16-22(21)32-3)25-24(26(31)34-17-19-9-7-6-8-10-19)18(2)28-27-29(25)23(30)13-15-35-27/h6-12,16,25H,4-5,13-15,17H2,1-3H3/t25-/m0/s1. The molecule has 0 aliphatic carbocycles. The number of rotatable bonds is 9. The zero-order chi connectivity index (χ0) is 24.8. The van der Waals surface area contributed by atoms with Crippen LogP contribution in [0.1, 0.15) is 50.3 Å². The molecule has 184 valence electrons. The van der Waals surface area contributed by atoms with E-state index < -0.39 is 12.0 Å². The molecular formula is C27H30N2O5S. The largest absolute Gasteiger partial charge is 0.493 e. The average Bonchev–Trinajstić information content (AvgIpc) is 2.87. The highest BCUT2D eigenvalue weighted by molar-refractivity contribution is 8.14. The van der Waals surface area contributed by atoms with Crippen LogP contribution in [0, 0.1) is 0 Å². The van der Waals surface area contributed by atoms with E-state index in [0.717, 1.165) is 24.0 Å². The first kappa shape index (κ1) is 24.9. The Morgan fingerprint density at radius 3 is 2.71 bits per heavy atom. The first-order chi connectivity index (χ1) is 17.0. The van der Waals surface area contributed by atoms with Gasteiger partial charge in [0.05, 0.1) is 31.0 Å². The molecular weight excluding hydrogens is 464 g/mol. The highest BCUT2D eigenvalue weighted by Gasteiger charge is 2.42. The van der Waals surface area contributed by atoms with Crippen molar-refractivity contribution < 1.29 is 23.8 Å². The lowest BCUT2D eigenvalue weighted by atomic mass is 9.93. The summed E-state index contributed by atoms with van der Waals surface area (Å²) in [6, 6.07) is 14.4. The van der Waals surface area contributed by atoms with Gasteiger partial charge >= 0.3 is 5.97 Å². The van der Waals surface area contributed by atoms with E-state index in [1.807, 2.05) is 48.5 Å². The summed E-state index contributed by atoms with van der Waals surface area (Å²) in [5, 5.41) is 0.602. The molecule has 1 fully saturated rings. The molecule has 1 saturated heterocycles. The molecule has 0 saturated carbocycles. The molecule has 2 heterocycles. The van der Waals surface area contributed by atoms with Crippen LogP contribution in [-0.2, 0) is 20.9 Å². The third-order valence-corrected chi connectivity index (χ3v) is 6.85. The van der Waals surface area contributed by atoms with E-state index in [0.29, 0.717) is 46.7 Å². The lowest BCUT2D eigenvalue weighted by molar-refractivity contribution is -0.141. The quantitative estimate of drug-likeness (QED) is 0.349. The second-order valence-corrected chi connectivity index (χ2v) is 9.39. The number of ether oxygens (including phenoxy) is 3. The number of hydrogen-bond acceptors (Lipinski definition) is 7. The van der Waals surface area contributed by atoms with Crippen LogP contribution < -0.4 is 9.47 Å².